The van der Waals surface area contributed by atoms with Crippen LogP contribution in [-0.2, 0) is 19.6 Å². The van der Waals surface area contributed by atoms with Crippen LogP contribution in [0.3, 0.4) is 0 Å². The highest BCUT2D eigenvalue weighted by Crippen LogP contribution is 2.28. The van der Waals surface area contributed by atoms with E-state index in [1.807, 2.05) is 15.9 Å². The molecule has 2 aromatic rings. The molecule has 2 amide bonds. The number of fused-ring (bicyclic) bond motifs is 1. The molecule has 1 saturated heterocycles. The Morgan fingerprint density at radius 3 is 2.44 bits per heavy atom. The van der Waals surface area contributed by atoms with E-state index in [9.17, 15) is 9.18 Å². The summed E-state index contributed by atoms with van der Waals surface area (Å²) < 4.78 is 14.0. The Balaban J connectivity index is 1.54. The van der Waals surface area contributed by atoms with E-state index in [1.165, 1.54) is 6.07 Å². The third-order valence-corrected chi connectivity index (χ3v) is 6.56. The van der Waals surface area contributed by atoms with Gasteiger partial charge >= 0.3 is 6.03 Å². The van der Waals surface area contributed by atoms with Gasteiger partial charge in [-0.2, -0.15) is 0 Å². The lowest BCUT2D eigenvalue weighted by Crippen LogP contribution is -2.49. The average Bonchev–Trinajstić information content (AvgIpc) is 2.90. The Hall–Kier alpha value is -2.60. The van der Waals surface area contributed by atoms with Crippen LogP contribution in [0.25, 0.3) is 0 Å². The fourth-order valence-electron chi connectivity index (χ4n) is 4.59. The highest BCUT2D eigenvalue weighted by Gasteiger charge is 2.33. The molecule has 0 aliphatic carbocycles. The first-order valence-corrected chi connectivity index (χ1v) is 11.7. The highest BCUT2D eigenvalue weighted by atomic mass is 19.1. The van der Waals surface area contributed by atoms with E-state index < -0.39 is 0 Å². The standard InChI is InChI=1S/C26H35FN4O/c1-19(2)15-28-24-8-4-20(5-9-24)16-30-17-21-6-7-23(27)14-22(21)18-31(26(30)32)25-10-12-29(3)13-11-25/h4-9,14,19,25,28H,10-13,15-18H2,1-3H3. The normalized spacial score (nSPS) is 18.1. The summed E-state index contributed by atoms with van der Waals surface area (Å²) in [6, 6.07) is 13.5. The number of hydrogen-bond donors (Lipinski definition) is 1. The van der Waals surface area contributed by atoms with Crippen molar-refractivity contribution in [2.24, 2.45) is 5.92 Å². The maximum absolute atomic E-state index is 14.0. The molecule has 172 valence electrons. The van der Waals surface area contributed by atoms with Crippen molar-refractivity contribution >= 4 is 11.7 Å². The average molecular weight is 439 g/mol. The summed E-state index contributed by atoms with van der Waals surface area (Å²) in [4.78, 5) is 19.9. The number of likely N-dealkylation sites (tertiary alicyclic amines) is 1. The van der Waals surface area contributed by atoms with Crippen molar-refractivity contribution in [3.05, 3.63) is 65.0 Å². The molecule has 0 atom stereocenters. The smallest absolute Gasteiger partial charge is 0.321 e. The van der Waals surface area contributed by atoms with Crippen LogP contribution < -0.4 is 5.32 Å². The number of carbonyl (C=O) groups is 1. The van der Waals surface area contributed by atoms with Gasteiger partial charge in [-0.3, -0.25) is 0 Å². The van der Waals surface area contributed by atoms with Crippen molar-refractivity contribution in [2.45, 2.75) is 52.4 Å². The summed E-state index contributed by atoms with van der Waals surface area (Å²) in [6.07, 6.45) is 1.91. The van der Waals surface area contributed by atoms with Gasteiger partial charge in [0, 0.05) is 37.9 Å². The summed E-state index contributed by atoms with van der Waals surface area (Å²) in [5.41, 5.74) is 4.15. The second-order valence-corrected chi connectivity index (χ2v) is 9.69. The molecule has 4 rings (SSSR count). The fourth-order valence-corrected chi connectivity index (χ4v) is 4.59. The van der Waals surface area contributed by atoms with E-state index in [0.717, 1.165) is 54.9 Å². The van der Waals surface area contributed by atoms with Crippen LogP contribution in [0.5, 0.6) is 0 Å². The van der Waals surface area contributed by atoms with Crippen LogP contribution >= 0.6 is 0 Å². The minimum absolute atomic E-state index is 0.0539. The number of piperidine rings is 1. The van der Waals surface area contributed by atoms with E-state index >= 15 is 0 Å². The second kappa shape index (κ2) is 9.90. The molecule has 0 saturated carbocycles. The molecule has 2 aliphatic heterocycles. The van der Waals surface area contributed by atoms with Gasteiger partial charge in [-0.05, 0) is 79.9 Å². The molecule has 0 radical (unpaired) electrons. The number of amides is 2. The minimum atomic E-state index is -0.238. The van der Waals surface area contributed by atoms with Crippen LogP contribution in [0.4, 0.5) is 14.9 Å². The summed E-state index contributed by atoms with van der Waals surface area (Å²) >= 11 is 0. The van der Waals surface area contributed by atoms with Gasteiger partial charge in [-0.25, -0.2) is 9.18 Å². The molecule has 0 unspecified atom stereocenters. The first-order chi connectivity index (χ1) is 15.4. The van der Waals surface area contributed by atoms with Gasteiger partial charge in [0.1, 0.15) is 5.82 Å². The zero-order chi connectivity index (χ0) is 22.7. The molecule has 2 aromatic carbocycles. The molecule has 5 nitrogen and oxygen atoms in total. The lowest BCUT2D eigenvalue weighted by molar-refractivity contribution is 0.101. The van der Waals surface area contributed by atoms with Crippen LogP contribution in [0.2, 0.25) is 0 Å². The van der Waals surface area contributed by atoms with Crippen LogP contribution in [-0.4, -0.2) is 53.5 Å². The van der Waals surface area contributed by atoms with Crippen molar-refractivity contribution < 1.29 is 9.18 Å². The molecule has 0 spiro atoms. The number of anilines is 1. The van der Waals surface area contributed by atoms with Gasteiger partial charge in [-0.15, -0.1) is 0 Å². The predicted octanol–water partition coefficient (Wildman–Crippen LogP) is 4.93. The molecule has 2 aliphatic rings. The number of benzene rings is 2. The first-order valence-electron chi connectivity index (χ1n) is 11.7. The minimum Gasteiger partial charge on any atom is -0.385 e. The fraction of sp³-hybridized carbons (Fsp3) is 0.500. The molecule has 6 heteroatoms. The number of carbonyl (C=O) groups excluding carboxylic acids is 1. The monoisotopic (exact) mass is 438 g/mol. The van der Waals surface area contributed by atoms with Crippen molar-refractivity contribution in [3.8, 4) is 0 Å². The quantitative estimate of drug-likeness (QED) is 0.695. The lowest BCUT2D eigenvalue weighted by Gasteiger charge is -2.38. The summed E-state index contributed by atoms with van der Waals surface area (Å²) in [5.74, 6) is 0.345. The molecule has 0 bridgehead atoms. The second-order valence-electron chi connectivity index (χ2n) is 9.69. The van der Waals surface area contributed by atoms with Crippen molar-refractivity contribution in [2.75, 3.05) is 32.0 Å². The highest BCUT2D eigenvalue weighted by molar-refractivity contribution is 5.76. The van der Waals surface area contributed by atoms with Crippen molar-refractivity contribution in [1.82, 2.24) is 14.7 Å². The topological polar surface area (TPSA) is 38.8 Å². The zero-order valence-corrected chi connectivity index (χ0v) is 19.5. The van der Waals surface area contributed by atoms with Gasteiger partial charge in [0.25, 0.3) is 0 Å². The largest absolute Gasteiger partial charge is 0.385 e. The van der Waals surface area contributed by atoms with E-state index in [4.69, 9.17) is 0 Å². The number of nitrogens with zero attached hydrogens (tertiary/aromatic N) is 3. The van der Waals surface area contributed by atoms with E-state index in [0.29, 0.717) is 25.6 Å². The lowest BCUT2D eigenvalue weighted by atomic mass is 10.0. The van der Waals surface area contributed by atoms with Crippen LogP contribution in [0.15, 0.2) is 42.5 Å². The van der Waals surface area contributed by atoms with E-state index in [2.05, 4.69) is 55.4 Å². The van der Waals surface area contributed by atoms with Crippen LogP contribution in [0.1, 0.15) is 43.4 Å². The van der Waals surface area contributed by atoms with Gasteiger partial charge < -0.3 is 20.0 Å². The van der Waals surface area contributed by atoms with Crippen molar-refractivity contribution in [1.29, 1.82) is 0 Å². The molecule has 32 heavy (non-hydrogen) atoms. The van der Waals surface area contributed by atoms with Crippen LogP contribution in [0, 0.1) is 11.7 Å². The number of nitrogens with one attached hydrogen (secondary N) is 1. The Morgan fingerprint density at radius 1 is 1.03 bits per heavy atom. The number of rotatable bonds is 6. The third-order valence-electron chi connectivity index (χ3n) is 6.56. The zero-order valence-electron chi connectivity index (χ0n) is 19.5. The molecular formula is C26H35FN4O. The van der Waals surface area contributed by atoms with Gasteiger partial charge in [0.15, 0.2) is 0 Å². The maximum Gasteiger partial charge on any atom is 0.321 e. The molecule has 1 N–H and O–H groups in total. The third kappa shape index (κ3) is 5.41. The number of urea groups is 1. The molecular weight excluding hydrogens is 403 g/mol. The number of halogens is 1. The Morgan fingerprint density at radius 2 is 1.75 bits per heavy atom. The van der Waals surface area contributed by atoms with Crippen molar-refractivity contribution in [3.63, 3.8) is 0 Å². The number of hydrogen-bond acceptors (Lipinski definition) is 3. The Kier molecular flexibility index (Phi) is 6.99. The maximum atomic E-state index is 14.0. The molecule has 2 heterocycles. The van der Waals surface area contributed by atoms with E-state index in [1.54, 1.807) is 6.07 Å². The molecule has 1 fully saturated rings. The first kappa shape index (κ1) is 22.6. The van der Waals surface area contributed by atoms with Gasteiger partial charge in [0.05, 0.1) is 0 Å². The van der Waals surface area contributed by atoms with Gasteiger partial charge in [0.2, 0.25) is 0 Å². The SMILES string of the molecule is CC(C)CNc1ccc(CN2Cc3ccc(F)cc3CN(C3CCN(C)CC3)C2=O)cc1. The Labute approximate surface area is 191 Å². The summed E-state index contributed by atoms with van der Waals surface area (Å²) in [5, 5.41) is 3.44. The van der Waals surface area contributed by atoms with E-state index in [-0.39, 0.29) is 17.9 Å². The summed E-state index contributed by atoms with van der Waals surface area (Å²) in [7, 11) is 2.12. The molecule has 0 aromatic heterocycles. The van der Waals surface area contributed by atoms with Gasteiger partial charge in [-0.1, -0.05) is 32.0 Å². The summed E-state index contributed by atoms with van der Waals surface area (Å²) in [6.45, 7) is 8.80. The predicted molar refractivity (Wildman–Crippen MR) is 127 cm³/mol. The Bertz CT molecular complexity index is 922.